The largest absolute Gasteiger partial charge is 0.491 e. The summed E-state index contributed by atoms with van der Waals surface area (Å²) in [6.07, 6.45) is 1.14. The van der Waals surface area contributed by atoms with E-state index >= 15 is 0 Å². The van der Waals surface area contributed by atoms with E-state index in [1.807, 2.05) is 0 Å². The molecule has 0 spiro atoms. The summed E-state index contributed by atoms with van der Waals surface area (Å²) >= 11 is 11.9. The molecular weight excluding hydrogens is 269 g/mol. The molecule has 1 N–H and O–H groups in total. The van der Waals surface area contributed by atoms with Gasteiger partial charge in [0.25, 0.3) is 0 Å². The van der Waals surface area contributed by atoms with Gasteiger partial charge in [-0.25, -0.2) is 0 Å². The SMILES string of the molecule is CCCNCC(C)(C)COc1ccc(Cl)cc1Cl. The molecule has 0 atom stereocenters. The van der Waals surface area contributed by atoms with E-state index in [1.54, 1.807) is 18.2 Å². The standard InChI is InChI=1S/C14H21Cl2NO/c1-4-7-17-9-14(2,3)10-18-13-6-5-11(15)8-12(13)16/h5-6,8,17H,4,7,9-10H2,1-3H3. The van der Waals surface area contributed by atoms with Crippen molar-refractivity contribution in [2.75, 3.05) is 19.7 Å². The van der Waals surface area contributed by atoms with Crippen molar-refractivity contribution < 1.29 is 4.74 Å². The lowest BCUT2D eigenvalue weighted by atomic mass is 9.95. The monoisotopic (exact) mass is 289 g/mol. The average molecular weight is 290 g/mol. The molecule has 1 aromatic carbocycles. The maximum Gasteiger partial charge on any atom is 0.138 e. The molecule has 0 radical (unpaired) electrons. The van der Waals surface area contributed by atoms with E-state index < -0.39 is 0 Å². The van der Waals surface area contributed by atoms with E-state index in [0.29, 0.717) is 22.4 Å². The molecular formula is C14H21Cl2NO. The van der Waals surface area contributed by atoms with Crippen LogP contribution in [0.1, 0.15) is 27.2 Å². The van der Waals surface area contributed by atoms with E-state index in [4.69, 9.17) is 27.9 Å². The van der Waals surface area contributed by atoms with Gasteiger partial charge < -0.3 is 10.1 Å². The minimum Gasteiger partial charge on any atom is -0.491 e. The fourth-order valence-corrected chi connectivity index (χ4v) is 1.98. The van der Waals surface area contributed by atoms with E-state index in [-0.39, 0.29) is 5.41 Å². The zero-order valence-electron chi connectivity index (χ0n) is 11.2. The Kier molecular flexibility index (Phi) is 6.27. The van der Waals surface area contributed by atoms with Gasteiger partial charge in [-0.2, -0.15) is 0 Å². The summed E-state index contributed by atoms with van der Waals surface area (Å²) in [5.41, 5.74) is 0.0676. The van der Waals surface area contributed by atoms with Crippen LogP contribution in [-0.2, 0) is 0 Å². The molecule has 0 unspecified atom stereocenters. The molecule has 0 saturated carbocycles. The summed E-state index contributed by atoms with van der Waals surface area (Å²) < 4.78 is 5.76. The third kappa shape index (κ3) is 5.47. The molecule has 0 aliphatic carbocycles. The summed E-state index contributed by atoms with van der Waals surface area (Å²) in [6, 6.07) is 5.28. The maximum absolute atomic E-state index is 6.06. The Labute approximate surface area is 120 Å². The van der Waals surface area contributed by atoms with E-state index in [9.17, 15) is 0 Å². The van der Waals surface area contributed by atoms with Crippen LogP contribution in [0.4, 0.5) is 0 Å². The van der Waals surface area contributed by atoms with Gasteiger partial charge in [0.15, 0.2) is 0 Å². The van der Waals surface area contributed by atoms with Gasteiger partial charge in [0.1, 0.15) is 5.75 Å². The average Bonchev–Trinajstić information content (AvgIpc) is 2.28. The Hall–Kier alpha value is -0.440. The molecule has 2 nitrogen and oxygen atoms in total. The first-order valence-electron chi connectivity index (χ1n) is 6.23. The second kappa shape index (κ2) is 7.22. The van der Waals surface area contributed by atoms with E-state index in [2.05, 4.69) is 26.1 Å². The molecule has 18 heavy (non-hydrogen) atoms. The molecule has 102 valence electrons. The Morgan fingerprint density at radius 1 is 1.28 bits per heavy atom. The van der Waals surface area contributed by atoms with Gasteiger partial charge in [0.2, 0.25) is 0 Å². The van der Waals surface area contributed by atoms with Crippen LogP contribution < -0.4 is 10.1 Å². The molecule has 0 amide bonds. The molecule has 0 aliphatic heterocycles. The highest BCUT2D eigenvalue weighted by Gasteiger charge is 2.19. The lowest BCUT2D eigenvalue weighted by Gasteiger charge is -2.25. The molecule has 0 aliphatic rings. The van der Waals surface area contributed by atoms with Gasteiger partial charge in [0, 0.05) is 17.0 Å². The normalized spacial score (nSPS) is 11.6. The van der Waals surface area contributed by atoms with Crippen molar-refractivity contribution in [2.45, 2.75) is 27.2 Å². The predicted molar refractivity (Wildman–Crippen MR) is 78.9 cm³/mol. The van der Waals surface area contributed by atoms with E-state index in [0.717, 1.165) is 19.5 Å². The number of ether oxygens (including phenoxy) is 1. The minimum atomic E-state index is 0.0676. The minimum absolute atomic E-state index is 0.0676. The van der Waals surface area contributed by atoms with Crippen LogP contribution in [0.25, 0.3) is 0 Å². The molecule has 0 bridgehead atoms. The van der Waals surface area contributed by atoms with Gasteiger partial charge in [-0.05, 0) is 31.2 Å². The molecule has 0 heterocycles. The Morgan fingerprint density at radius 3 is 2.61 bits per heavy atom. The molecule has 1 aromatic rings. The van der Waals surface area contributed by atoms with Gasteiger partial charge >= 0.3 is 0 Å². The number of halogens is 2. The van der Waals surface area contributed by atoms with Crippen LogP contribution >= 0.6 is 23.2 Å². The van der Waals surface area contributed by atoms with Crippen molar-refractivity contribution in [3.05, 3.63) is 28.2 Å². The van der Waals surface area contributed by atoms with Crippen LogP contribution in [-0.4, -0.2) is 19.7 Å². The Bertz CT molecular complexity index is 380. The molecule has 0 aromatic heterocycles. The third-order valence-corrected chi connectivity index (χ3v) is 3.07. The zero-order valence-corrected chi connectivity index (χ0v) is 12.7. The Morgan fingerprint density at radius 2 is 2.00 bits per heavy atom. The molecule has 0 fully saturated rings. The van der Waals surface area contributed by atoms with Crippen molar-refractivity contribution in [2.24, 2.45) is 5.41 Å². The highest BCUT2D eigenvalue weighted by atomic mass is 35.5. The lowest BCUT2D eigenvalue weighted by molar-refractivity contribution is 0.176. The maximum atomic E-state index is 6.06. The number of benzene rings is 1. The van der Waals surface area contributed by atoms with Crippen LogP contribution in [0.15, 0.2) is 18.2 Å². The van der Waals surface area contributed by atoms with Crippen LogP contribution in [0.3, 0.4) is 0 Å². The number of nitrogens with one attached hydrogen (secondary N) is 1. The zero-order chi connectivity index (χ0) is 13.6. The third-order valence-electron chi connectivity index (χ3n) is 2.54. The number of hydrogen-bond acceptors (Lipinski definition) is 2. The highest BCUT2D eigenvalue weighted by Crippen LogP contribution is 2.28. The first-order chi connectivity index (χ1) is 8.44. The van der Waals surface area contributed by atoms with E-state index in [1.165, 1.54) is 0 Å². The van der Waals surface area contributed by atoms with Gasteiger partial charge in [-0.15, -0.1) is 0 Å². The smallest absolute Gasteiger partial charge is 0.138 e. The lowest BCUT2D eigenvalue weighted by Crippen LogP contribution is -2.34. The molecule has 1 rings (SSSR count). The molecule has 0 saturated heterocycles. The number of hydrogen-bond donors (Lipinski definition) is 1. The van der Waals surface area contributed by atoms with Gasteiger partial charge in [-0.3, -0.25) is 0 Å². The Balaban J connectivity index is 2.48. The van der Waals surface area contributed by atoms with Crippen molar-refractivity contribution in [3.63, 3.8) is 0 Å². The van der Waals surface area contributed by atoms with Crippen LogP contribution in [0.2, 0.25) is 10.0 Å². The van der Waals surface area contributed by atoms with Crippen molar-refractivity contribution in [3.8, 4) is 5.75 Å². The van der Waals surface area contributed by atoms with Crippen LogP contribution in [0, 0.1) is 5.41 Å². The van der Waals surface area contributed by atoms with Crippen molar-refractivity contribution in [1.82, 2.24) is 5.32 Å². The van der Waals surface area contributed by atoms with Crippen molar-refractivity contribution >= 4 is 23.2 Å². The quantitative estimate of drug-likeness (QED) is 0.752. The van der Waals surface area contributed by atoms with Crippen molar-refractivity contribution in [1.29, 1.82) is 0 Å². The summed E-state index contributed by atoms with van der Waals surface area (Å²) in [4.78, 5) is 0. The summed E-state index contributed by atoms with van der Waals surface area (Å²) in [5, 5.41) is 4.58. The fraction of sp³-hybridized carbons (Fsp3) is 0.571. The summed E-state index contributed by atoms with van der Waals surface area (Å²) in [5.74, 6) is 0.685. The topological polar surface area (TPSA) is 21.3 Å². The summed E-state index contributed by atoms with van der Waals surface area (Å²) in [6.45, 7) is 9.06. The van der Waals surface area contributed by atoms with Gasteiger partial charge in [0.05, 0.1) is 11.6 Å². The number of rotatable bonds is 7. The first kappa shape index (κ1) is 15.6. The predicted octanol–water partition coefficient (Wildman–Crippen LogP) is 4.40. The molecule has 4 heteroatoms. The highest BCUT2D eigenvalue weighted by molar-refractivity contribution is 6.35. The second-order valence-corrected chi connectivity index (χ2v) is 6.05. The van der Waals surface area contributed by atoms with Crippen LogP contribution in [0.5, 0.6) is 5.75 Å². The van der Waals surface area contributed by atoms with Gasteiger partial charge in [-0.1, -0.05) is 44.0 Å². The second-order valence-electron chi connectivity index (χ2n) is 5.20. The first-order valence-corrected chi connectivity index (χ1v) is 6.99. The summed E-state index contributed by atoms with van der Waals surface area (Å²) in [7, 11) is 0. The fourth-order valence-electron chi connectivity index (χ4n) is 1.52.